The van der Waals surface area contributed by atoms with Crippen molar-refractivity contribution >= 4 is 17.5 Å². The van der Waals surface area contributed by atoms with Gasteiger partial charge < -0.3 is 5.32 Å². The predicted molar refractivity (Wildman–Crippen MR) is 66.6 cm³/mol. The number of ketones is 2. The second kappa shape index (κ2) is 7.98. The van der Waals surface area contributed by atoms with Gasteiger partial charge in [-0.3, -0.25) is 14.4 Å². The van der Waals surface area contributed by atoms with Gasteiger partial charge in [-0.2, -0.15) is 0 Å². The van der Waals surface area contributed by atoms with Crippen LogP contribution in [-0.2, 0) is 14.4 Å². The molecule has 0 aliphatic carbocycles. The molecule has 4 nitrogen and oxygen atoms in total. The van der Waals surface area contributed by atoms with Gasteiger partial charge in [0.25, 0.3) is 0 Å². The van der Waals surface area contributed by atoms with Crippen LogP contribution in [0.1, 0.15) is 47.0 Å². The summed E-state index contributed by atoms with van der Waals surface area (Å²) in [4.78, 5) is 33.9. The van der Waals surface area contributed by atoms with Crippen LogP contribution in [0.3, 0.4) is 0 Å². The lowest BCUT2D eigenvalue weighted by atomic mass is 10.0. The molecule has 0 fully saturated rings. The maximum atomic E-state index is 11.3. The fourth-order valence-corrected chi connectivity index (χ4v) is 1.20. The topological polar surface area (TPSA) is 63.2 Å². The van der Waals surface area contributed by atoms with Gasteiger partial charge in [0.1, 0.15) is 11.6 Å². The molecule has 0 aromatic carbocycles. The predicted octanol–water partition coefficient (Wildman–Crippen LogP) is 1.72. The Morgan fingerprint density at radius 2 is 1.47 bits per heavy atom. The Kier molecular flexibility index (Phi) is 7.42. The number of carbonyl (C=O) groups excluding carboxylic acids is 3. The van der Waals surface area contributed by atoms with Crippen LogP contribution in [0, 0.1) is 11.8 Å². The van der Waals surface area contributed by atoms with E-state index in [0.717, 1.165) is 0 Å². The number of nitrogens with one attached hydrogen (secondary N) is 1. The standard InChI is InChI=1S/C13H23NO3/c1-9(2)11(15)6-5-7-14-13(17)8-12(16)10(3)4/h9-10H,5-8H2,1-4H3,(H,14,17). The first-order valence-corrected chi connectivity index (χ1v) is 6.16. The molecule has 0 bridgehead atoms. The molecule has 1 N–H and O–H groups in total. The van der Waals surface area contributed by atoms with E-state index in [1.165, 1.54) is 0 Å². The van der Waals surface area contributed by atoms with Crippen molar-refractivity contribution in [3.63, 3.8) is 0 Å². The van der Waals surface area contributed by atoms with Crippen LogP contribution in [0.2, 0.25) is 0 Å². The fraction of sp³-hybridized carbons (Fsp3) is 0.769. The molecule has 0 radical (unpaired) electrons. The lowest BCUT2D eigenvalue weighted by Crippen LogP contribution is -2.28. The molecule has 0 saturated heterocycles. The summed E-state index contributed by atoms with van der Waals surface area (Å²) in [5.74, 6) is -0.157. The molecule has 0 spiro atoms. The SMILES string of the molecule is CC(C)C(=O)CCCNC(=O)CC(=O)C(C)C. The van der Waals surface area contributed by atoms with E-state index in [0.29, 0.717) is 19.4 Å². The van der Waals surface area contributed by atoms with Crippen LogP contribution in [0.5, 0.6) is 0 Å². The smallest absolute Gasteiger partial charge is 0.227 e. The van der Waals surface area contributed by atoms with Crippen LogP contribution < -0.4 is 5.32 Å². The Balaban J connectivity index is 3.66. The van der Waals surface area contributed by atoms with Crippen LogP contribution in [0.4, 0.5) is 0 Å². The second-order valence-corrected chi connectivity index (χ2v) is 4.87. The molecule has 0 rings (SSSR count). The van der Waals surface area contributed by atoms with E-state index in [2.05, 4.69) is 5.32 Å². The number of carbonyl (C=O) groups is 3. The van der Waals surface area contributed by atoms with Crippen LogP contribution in [-0.4, -0.2) is 24.0 Å². The number of amides is 1. The number of hydrogen-bond acceptors (Lipinski definition) is 3. The average Bonchev–Trinajstić information content (AvgIpc) is 2.23. The molecule has 0 aromatic rings. The summed E-state index contributed by atoms with van der Waals surface area (Å²) < 4.78 is 0. The van der Waals surface area contributed by atoms with Gasteiger partial charge in [-0.25, -0.2) is 0 Å². The van der Waals surface area contributed by atoms with Crippen molar-refractivity contribution in [2.75, 3.05) is 6.54 Å². The molecule has 0 heterocycles. The highest BCUT2D eigenvalue weighted by Crippen LogP contribution is 2.01. The lowest BCUT2D eigenvalue weighted by Gasteiger charge is -2.07. The van der Waals surface area contributed by atoms with Crippen molar-refractivity contribution in [2.45, 2.75) is 47.0 Å². The zero-order valence-electron chi connectivity index (χ0n) is 11.2. The Morgan fingerprint density at radius 3 is 1.94 bits per heavy atom. The molecular weight excluding hydrogens is 218 g/mol. The molecule has 0 saturated carbocycles. The van der Waals surface area contributed by atoms with E-state index in [1.54, 1.807) is 13.8 Å². The molecule has 0 aliphatic rings. The van der Waals surface area contributed by atoms with Crippen molar-refractivity contribution in [3.8, 4) is 0 Å². The minimum absolute atomic E-state index is 0.0493. The molecule has 1 amide bonds. The highest BCUT2D eigenvalue weighted by atomic mass is 16.2. The van der Waals surface area contributed by atoms with Crippen LogP contribution >= 0.6 is 0 Å². The second-order valence-electron chi connectivity index (χ2n) is 4.87. The molecule has 0 aromatic heterocycles. The average molecular weight is 241 g/mol. The monoisotopic (exact) mass is 241 g/mol. The van der Waals surface area contributed by atoms with Crippen molar-refractivity contribution in [3.05, 3.63) is 0 Å². The molecule has 4 heteroatoms. The molecular formula is C13H23NO3. The van der Waals surface area contributed by atoms with Crippen molar-refractivity contribution in [1.82, 2.24) is 5.32 Å². The Morgan fingerprint density at radius 1 is 0.941 bits per heavy atom. The zero-order chi connectivity index (χ0) is 13.4. The van der Waals surface area contributed by atoms with Crippen molar-refractivity contribution in [2.24, 2.45) is 11.8 Å². The number of rotatable bonds is 8. The third-order valence-electron chi connectivity index (χ3n) is 2.54. The molecule has 0 unspecified atom stereocenters. The highest BCUT2D eigenvalue weighted by molar-refractivity contribution is 5.98. The summed E-state index contributed by atoms with van der Waals surface area (Å²) in [7, 11) is 0. The van der Waals surface area contributed by atoms with E-state index < -0.39 is 0 Å². The van der Waals surface area contributed by atoms with E-state index in [-0.39, 0.29) is 35.7 Å². The summed E-state index contributed by atoms with van der Waals surface area (Å²) in [5, 5.41) is 2.65. The van der Waals surface area contributed by atoms with Gasteiger partial charge in [-0.1, -0.05) is 27.7 Å². The van der Waals surface area contributed by atoms with E-state index in [4.69, 9.17) is 0 Å². The Hall–Kier alpha value is -1.19. The third-order valence-corrected chi connectivity index (χ3v) is 2.54. The van der Waals surface area contributed by atoms with E-state index >= 15 is 0 Å². The maximum Gasteiger partial charge on any atom is 0.227 e. The minimum Gasteiger partial charge on any atom is -0.356 e. The van der Waals surface area contributed by atoms with Gasteiger partial charge in [0, 0.05) is 24.8 Å². The van der Waals surface area contributed by atoms with Crippen LogP contribution in [0.25, 0.3) is 0 Å². The summed E-state index contributed by atoms with van der Waals surface area (Å²) in [6.07, 6.45) is 1.06. The summed E-state index contributed by atoms with van der Waals surface area (Å²) in [6, 6.07) is 0. The first kappa shape index (κ1) is 15.8. The molecule has 17 heavy (non-hydrogen) atoms. The molecule has 0 atom stereocenters. The lowest BCUT2D eigenvalue weighted by molar-refractivity contribution is -0.130. The first-order chi connectivity index (χ1) is 7.84. The van der Waals surface area contributed by atoms with Crippen LogP contribution in [0.15, 0.2) is 0 Å². The third kappa shape index (κ3) is 7.66. The summed E-state index contributed by atoms with van der Waals surface area (Å²) in [6.45, 7) is 7.74. The fourth-order valence-electron chi connectivity index (χ4n) is 1.20. The summed E-state index contributed by atoms with van der Waals surface area (Å²) >= 11 is 0. The van der Waals surface area contributed by atoms with Gasteiger partial charge in [0.05, 0.1) is 6.42 Å². The van der Waals surface area contributed by atoms with E-state index in [1.807, 2.05) is 13.8 Å². The number of hydrogen-bond donors (Lipinski definition) is 1. The molecule has 98 valence electrons. The summed E-state index contributed by atoms with van der Waals surface area (Å²) in [5.41, 5.74) is 0. The maximum absolute atomic E-state index is 11.3. The van der Waals surface area contributed by atoms with Gasteiger partial charge >= 0.3 is 0 Å². The highest BCUT2D eigenvalue weighted by Gasteiger charge is 2.12. The number of Topliss-reactive ketones (excluding diaryl/α,β-unsaturated/α-hetero) is 2. The Labute approximate surface area is 103 Å². The normalized spacial score (nSPS) is 10.7. The van der Waals surface area contributed by atoms with Crippen molar-refractivity contribution in [1.29, 1.82) is 0 Å². The van der Waals surface area contributed by atoms with Gasteiger partial charge in [0.15, 0.2) is 0 Å². The van der Waals surface area contributed by atoms with Gasteiger partial charge in [-0.15, -0.1) is 0 Å². The quantitative estimate of drug-likeness (QED) is 0.520. The van der Waals surface area contributed by atoms with Gasteiger partial charge in [-0.05, 0) is 6.42 Å². The Bertz CT molecular complexity index is 282. The van der Waals surface area contributed by atoms with Crippen molar-refractivity contribution < 1.29 is 14.4 Å². The van der Waals surface area contributed by atoms with Gasteiger partial charge in [0.2, 0.25) is 5.91 Å². The first-order valence-electron chi connectivity index (χ1n) is 6.16. The largest absolute Gasteiger partial charge is 0.356 e. The van der Waals surface area contributed by atoms with E-state index in [9.17, 15) is 14.4 Å². The zero-order valence-corrected chi connectivity index (χ0v) is 11.2. The molecule has 0 aliphatic heterocycles. The minimum atomic E-state index is -0.249.